The van der Waals surface area contributed by atoms with Crippen molar-refractivity contribution in [1.29, 1.82) is 0 Å². The second-order valence-electron chi connectivity index (χ2n) is 7.79. The van der Waals surface area contributed by atoms with Crippen LogP contribution in [0.15, 0.2) is 60.7 Å². The number of hydrogen-bond donors (Lipinski definition) is 0. The van der Waals surface area contributed by atoms with Gasteiger partial charge in [0.05, 0.1) is 0 Å². The van der Waals surface area contributed by atoms with Crippen molar-refractivity contribution in [2.75, 3.05) is 6.61 Å². The maximum absolute atomic E-state index is 11.9. The number of carbonyl (C=O) groups is 4. The summed E-state index contributed by atoms with van der Waals surface area (Å²) in [7, 11) is 0. The maximum atomic E-state index is 11.9. The summed E-state index contributed by atoms with van der Waals surface area (Å²) in [6.07, 6.45) is -0.0662. The summed E-state index contributed by atoms with van der Waals surface area (Å²) in [5.41, 5.74) is 1.77. The summed E-state index contributed by atoms with van der Waals surface area (Å²) >= 11 is 0. The first-order valence-corrected chi connectivity index (χ1v) is 11.5. The average Bonchev–Trinajstić information content (AvgIpc) is 2.86. The SMILES string of the molecule is [CH2]C(COC(=O)CCCC(=O)OCc1ccccc1)OC(=O)CCCC(=O)OCc1ccccc1.[NaH]. The van der Waals surface area contributed by atoms with Crippen molar-refractivity contribution >= 4 is 53.4 Å². The van der Waals surface area contributed by atoms with E-state index in [1.807, 2.05) is 60.7 Å². The van der Waals surface area contributed by atoms with Crippen molar-refractivity contribution < 1.29 is 38.1 Å². The molecule has 1 unspecified atom stereocenters. The van der Waals surface area contributed by atoms with Crippen molar-refractivity contribution in [3.8, 4) is 0 Å². The molecule has 0 aliphatic rings. The Labute approximate surface area is 233 Å². The van der Waals surface area contributed by atoms with Crippen LogP contribution in [0.1, 0.15) is 49.7 Å². The van der Waals surface area contributed by atoms with Crippen LogP contribution in [0.4, 0.5) is 0 Å². The fourth-order valence-corrected chi connectivity index (χ4v) is 2.91. The van der Waals surface area contributed by atoms with Crippen molar-refractivity contribution in [1.82, 2.24) is 0 Å². The molecule has 0 bridgehead atoms. The van der Waals surface area contributed by atoms with Gasteiger partial charge in [0, 0.05) is 25.7 Å². The fraction of sp³-hybridized carbons (Fsp3) is 0.370. The van der Waals surface area contributed by atoms with Crippen LogP contribution < -0.4 is 0 Å². The molecule has 0 saturated carbocycles. The van der Waals surface area contributed by atoms with Crippen molar-refractivity contribution in [3.63, 3.8) is 0 Å². The van der Waals surface area contributed by atoms with E-state index in [4.69, 9.17) is 18.9 Å². The van der Waals surface area contributed by atoms with Crippen LogP contribution in [0.2, 0.25) is 0 Å². The first-order chi connectivity index (χ1) is 16.9. The number of benzene rings is 2. The minimum absolute atomic E-state index is 0. The van der Waals surface area contributed by atoms with E-state index in [9.17, 15) is 19.2 Å². The molecular formula is C27H32NaO8. The Morgan fingerprint density at radius 1 is 0.611 bits per heavy atom. The second kappa shape index (κ2) is 18.6. The number of rotatable bonds is 15. The molecule has 0 aromatic heterocycles. The summed E-state index contributed by atoms with van der Waals surface area (Å²) in [6.45, 7) is 3.81. The van der Waals surface area contributed by atoms with E-state index in [1.54, 1.807) is 0 Å². The van der Waals surface area contributed by atoms with E-state index in [-0.39, 0.29) is 87.9 Å². The van der Waals surface area contributed by atoms with Gasteiger partial charge in [-0.05, 0) is 30.9 Å². The Hall–Kier alpha value is -2.68. The van der Waals surface area contributed by atoms with E-state index in [1.165, 1.54) is 0 Å². The minimum atomic E-state index is -0.868. The molecule has 0 fully saturated rings. The van der Waals surface area contributed by atoms with E-state index < -0.39 is 30.0 Å². The molecule has 0 aliphatic heterocycles. The van der Waals surface area contributed by atoms with E-state index in [0.29, 0.717) is 0 Å². The summed E-state index contributed by atoms with van der Waals surface area (Å²) in [5, 5.41) is 0. The first kappa shape index (κ1) is 31.4. The van der Waals surface area contributed by atoms with E-state index >= 15 is 0 Å². The molecule has 8 nitrogen and oxygen atoms in total. The molecule has 0 aliphatic carbocycles. The summed E-state index contributed by atoms with van der Waals surface area (Å²) < 4.78 is 20.4. The third kappa shape index (κ3) is 14.7. The van der Waals surface area contributed by atoms with Gasteiger partial charge in [-0.2, -0.15) is 0 Å². The number of ether oxygens (including phenoxy) is 4. The quantitative estimate of drug-likeness (QED) is 0.205. The Balaban J connectivity index is 0.00000648. The van der Waals surface area contributed by atoms with Gasteiger partial charge in [0.1, 0.15) is 25.9 Å². The molecule has 0 saturated heterocycles. The van der Waals surface area contributed by atoms with Crippen LogP contribution in [0.25, 0.3) is 0 Å². The van der Waals surface area contributed by atoms with E-state index in [0.717, 1.165) is 11.1 Å². The monoisotopic (exact) mass is 507 g/mol. The molecule has 0 spiro atoms. The molecule has 36 heavy (non-hydrogen) atoms. The predicted molar refractivity (Wildman–Crippen MR) is 134 cm³/mol. The Morgan fingerprint density at radius 3 is 1.44 bits per heavy atom. The zero-order chi connectivity index (χ0) is 25.3. The standard InChI is InChI=1S/C27H31O8.Na.H/c1-21(35-27(31)17-9-16-26(30)34-20-23-12-6-3-7-13-23)18-32-24(28)14-8-15-25(29)33-19-22-10-4-2-5-11-22;;/h2-7,10-13,21H,1,8-9,14-20H2;;. The van der Waals surface area contributed by atoms with Crippen molar-refractivity contribution in [2.24, 2.45) is 0 Å². The molecule has 2 aromatic carbocycles. The molecule has 0 heterocycles. The molecule has 2 rings (SSSR count). The fourth-order valence-electron chi connectivity index (χ4n) is 2.91. The van der Waals surface area contributed by atoms with Gasteiger partial charge in [0.2, 0.25) is 0 Å². The van der Waals surface area contributed by atoms with Gasteiger partial charge in [-0.3, -0.25) is 19.2 Å². The Bertz CT molecular complexity index is 933. The molecule has 0 amide bonds. The van der Waals surface area contributed by atoms with Gasteiger partial charge in [-0.1, -0.05) is 60.7 Å². The topological polar surface area (TPSA) is 105 Å². The molecule has 1 atom stereocenters. The van der Waals surface area contributed by atoms with Crippen molar-refractivity contribution in [2.45, 2.75) is 57.8 Å². The normalized spacial score (nSPS) is 10.9. The van der Waals surface area contributed by atoms with Gasteiger partial charge in [0.25, 0.3) is 0 Å². The van der Waals surface area contributed by atoms with Crippen LogP contribution >= 0.6 is 0 Å². The molecule has 2 aromatic rings. The molecule has 1 radical (unpaired) electrons. The first-order valence-electron chi connectivity index (χ1n) is 11.5. The second-order valence-corrected chi connectivity index (χ2v) is 7.79. The van der Waals surface area contributed by atoms with Gasteiger partial charge < -0.3 is 18.9 Å². The zero-order valence-corrected chi connectivity index (χ0v) is 19.7. The third-order valence-electron chi connectivity index (χ3n) is 4.74. The molecular weight excluding hydrogens is 475 g/mol. The average molecular weight is 508 g/mol. The predicted octanol–water partition coefficient (Wildman–Crippen LogP) is 3.45. The van der Waals surface area contributed by atoms with Gasteiger partial charge in [0.15, 0.2) is 0 Å². The Morgan fingerprint density at radius 2 is 1.00 bits per heavy atom. The van der Waals surface area contributed by atoms with Crippen LogP contribution in [0.3, 0.4) is 0 Å². The van der Waals surface area contributed by atoms with Crippen molar-refractivity contribution in [3.05, 3.63) is 78.7 Å². The summed E-state index contributed by atoms with van der Waals surface area (Å²) in [5.74, 6) is -1.86. The van der Waals surface area contributed by atoms with Crippen LogP contribution in [-0.2, 0) is 51.3 Å². The van der Waals surface area contributed by atoms with E-state index in [2.05, 4.69) is 6.92 Å². The molecule has 9 heteroatoms. The van der Waals surface area contributed by atoms with Gasteiger partial charge >= 0.3 is 53.4 Å². The van der Waals surface area contributed by atoms with Gasteiger partial charge in [-0.15, -0.1) is 0 Å². The number of hydrogen-bond acceptors (Lipinski definition) is 8. The molecule has 189 valence electrons. The zero-order valence-electron chi connectivity index (χ0n) is 19.7. The van der Waals surface area contributed by atoms with Gasteiger partial charge in [-0.25, -0.2) is 0 Å². The molecule has 0 N–H and O–H groups in total. The number of esters is 4. The van der Waals surface area contributed by atoms with Crippen LogP contribution in [0, 0.1) is 6.92 Å². The van der Waals surface area contributed by atoms with Crippen LogP contribution in [0.5, 0.6) is 0 Å². The summed E-state index contributed by atoms with van der Waals surface area (Å²) in [4.78, 5) is 47.2. The third-order valence-corrected chi connectivity index (χ3v) is 4.74. The van der Waals surface area contributed by atoms with Crippen LogP contribution in [-0.4, -0.2) is 66.1 Å². The number of carbonyl (C=O) groups excluding carboxylic acids is 4. The Kier molecular flexibility index (Phi) is 16.2. The summed E-state index contributed by atoms with van der Waals surface area (Å²) in [6, 6.07) is 18.6.